The van der Waals surface area contributed by atoms with Gasteiger partial charge in [0.15, 0.2) is 6.61 Å². The maximum atomic E-state index is 12.0. The van der Waals surface area contributed by atoms with E-state index in [-0.39, 0.29) is 17.8 Å². The number of amides is 1. The molecule has 1 aliphatic rings. The number of carbonyl (C=O) groups excluding carboxylic acids is 1. The molecule has 2 rings (SSSR count). The molecule has 1 atom stereocenters. The van der Waals surface area contributed by atoms with E-state index < -0.39 is 12.8 Å². The SMILES string of the molecule is CC(NC(=O)c1ccc(OCC(F)(F)F)nc1)C1CC1. The molecular weight excluding hydrogens is 273 g/mol. The molecule has 0 aliphatic heterocycles. The van der Waals surface area contributed by atoms with Gasteiger partial charge >= 0.3 is 6.18 Å². The van der Waals surface area contributed by atoms with E-state index in [1.54, 1.807) is 0 Å². The van der Waals surface area contributed by atoms with Gasteiger partial charge < -0.3 is 10.1 Å². The zero-order valence-corrected chi connectivity index (χ0v) is 10.9. The highest BCUT2D eigenvalue weighted by molar-refractivity contribution is 5.94. The molecule has 20 heavy (non-hydrogen) atoms. The standard InChI is InChI=1S/C13H15F3N2O2/c1-8(9-2-3-9)18-12(19)10-4-5-11(17-6-10)20-7-13(14,15)16/h4-6,8-9H,2-3,7H2,1H3,(H,18,19). The predicted octanol–water partition coefficient (Wildman–Crippen LogP) is 2.55. The number of ether oxygens (including phenoxy) is 1. The van der Waals surface area contributed by atoms with Crippen molar-refractivity contribution in [3.05, 3.63) is 23.9 Å². The lowest BCUT2D eigenvalue weighted by Crippen LogP contribution is -2.34. The maximum Gasteiger partial charge on any atom is 0.422 e. The number of alkyl halides is 3. The third-order valence-corrected chi connectivity index (χ3v) is 3.07. The molecule has 0 spiro atoms. The summed E-state index contributed by atoms with van der Waals surface area (Å²) in [5, 5.41) is 2.83. The van der Waals surface area contributed by atoms with Gasteiger partial charge in [0.2, 0.25) is 5.88 Å². The monoisotopic (exact) mass is 288 g/mol. The number of hydrogen-bond donors (Lipinski definition) is 1. The van der Waals surface area contributed by atoms with E-state index in [1.165, 1.54) is 18.3 Å². The van der Waals surface area contributed by atoms with Crippen molar-refractivity contribution >= 4 is 5.91 Å². The van der Waals surface area contributed by atoms with Crippen LogP contribution in [-0.4, -0.2) is 29.7 Å². The Bertz CT molecular complexity index is 469. The number of rotatable bonds is 5. The molecule has 110 valence electrons. The molecule has 1 heterocycles. The van der Waals surface area contributed by atoms with Crippen LogP contribution in [0.15, 0.2) is 18.3 Å². The Kier molecular flexibility index (Phi) is 4.15. The highest BCUT2D eigenvalue weighted by atomic mass is 19.4. The summed E-state index contributed by atoms with van der Waals surface area (Å²) in [6.07, 6.45) is -0.966. The lowest BCUT2D eigenvalue weighted by molar-refractivity contribution is -0.154. The number of carbonyl (C=O) groups is 1. The first-order chi connectivity index (χ1) is 9.35. The second-order valence-electron chi connectivity index (χ2n) is 4.89. The second kappa shape index (κ2) is 5.68. The largest absolute Gasteiger partial charge is 0.468 e. The number of aromatic nitrogens is 1. The van der Waals surface area contributed by atoms with Crippen molar-refractivity contribution in [2.45, 2.75) is 32.0 Å². The van der Waals surface area contributed by atoms with Crippen LogP contribution in [0.4, 0.5) is 13.2 Å². The van der Waals surface area contributed by atoms with E-state index in [9.17, 15) is 18.0 Å². The molecule has 0 bridgehead atoms. The van der Waals surface area contributed by atoms with E-state index in [0.717, 1.165) is 12.8 Å². The minimum absolute atomic E-state index is 0.101. The van der Waals surface area contributed by atoms with Crippen molar-refractivity contribution in [2.75, 3.05) is 6.61 Å². The zero-order valence-electron chi connectivity index (χ0n) is 10.9. The number of nitrogens with zero attached hydrogens (tertiary/aromatic N) is 1. The van der Waals surface area contributed by atoms with Crippen molar-refractivity contribution in [2.24, 2.45) is 5.92 Å². The van der Waals surface area contributed by atoms with Crippen LogP contribution >= 0.6 is 0 Å². The highest BCUT2D eigenvalue weighted by Gasteiger charge is 2.30. The lowest BCUT2D eigenvalue weighted by atomic mass is 10.2. The van der Waals surface area contributed by atoms with Crippen molar-refractivity contribution in [3.8, 4) is 5.88 Å². The second-order valence-corrected chi connectivity index (χ2v) is 4.89. The molecule has 1 amide bonds. The molecule has 1 fully saturated rings. The Morgan fingerprint density at radius 2 is 2.20 bits per heavy atom. The molecule has 1 saturated carbocycles. The van der Waals surface area contributed by atoms with Crippen LogP contribution in [0.2, 0.25) is 0 Å². The minimum atomic E-state index is -4.41. The predicted molar refractivity (Wildman–Crippen MR) is 65.4 cm³/mol. The molecule has 7 heteroatoms. The van der Waals surface area contributed by atoms with Crippen molar-refractivity contribution in [3.63, 3.8) is 0 Å². The van der Waals surface area contributed by atoms with E-state index in [2.05, 4.69) is 15.0 Å². The van der Waals surface area contributed by atoms with Gasteiger partial charge in [0.1, 0.15) is 0 Å². The maximum absolute atomic E-state index is 12.0. The molecule has 1 aromatic rings. The fourth-order valence-electron chi connectivity index (χ4n) is 1.76. The summed E-state index contributed by atoms with van der Waals surface area (Å²) < 4.78 is 40.3. The van der Waals surface area contributed by atoms with Crippen LogP contribution in [0.25, 0.3) is 0 Å². The molecular formula is C13H15F3N2O2. The van der Waals surface area contributed by atoms with Crippen LogP contribution in [0, 0.1) is 5.92 Å². The minimum Gasteiger partial charge on any atom is -0.468 e. The quantitative estimate of drug-likeness (QED) is 0.906. The van der Waals surface area contributed by atoms with Gasteiger partial charge in [0, 0.05) is 18.3 Å². The van der Waals surface area contributed by atoms with Gasteiger partial charge in [-0.15, -0.1) is 0 Å². The summed E-state index contributed by atoms with van der Waals surface area (Å²) in [6.45, 7) is 0.536. The van der Waals surface area contributed by atoms with E-state index in [4.69, 9.17) is 0 Å². The van der Waals surface area contributed by atoms with Crippen LogP contribution < -0.4 is 10.1 Å². The topological polar surface area (TPSA) is 51.2 Å². The molecule has 0 radical (unpaired) electrons. The molecule has 0 aromatic carbocycles. The van der Waals surface area contributed by atoms with Gasteiger partial charge in [-0.2, -0.15) is 13.2 Å². The van der Waals surface area contributed by atoms with E-state index in [1.807, 2.05) is 6.92 Å². The van der Waals surface area contributed by atoms with Crippen molar-refractivity contribution < 1.29 is 22.7 Å². The molecule has 1 aromatic heterocycles. The Balaban J connectivity index is 1.88. The van der Waals surface area contributed by atoms with Crippen LogP contribution in [-0.2, 0) is 0 Å². The molecule has 4 nitrogen and oxygen atoms in total. The molecule has 0 saturated heterocycles. The summed E-state index contributed by atoms with van der Waals surface area (Å²) in [4.78, 5) is 15.5. The number of hydrogen-bond acceptors (Lipinski definition) is 3. The summed E-state index contributed by atoms with van der Waals surface area (Å²) in [7, 11) is 0. The average Bonchev–Trinajstić information content (AvgIpc) is 3.20. The van der Waals surface area contributed by atoms with Gasteiger partial charge in [-0.25, -0.2) is 4.98 Å². The Morgan fingerprint density at radius 1 is 1.50 bits per heavy atom. The smallest absolute Gasteiger partial charge is 0.422 e. The van der Waals surface area contributed by atoms with Gasteiger partial charge in [-0.3, -0.25) is 4.79 Å². The normalized spacial score (nSPS) is 16.6. The molecule has 1 N–H and O–H groups in total. The Labute approximate surface area is 114 Å². The summed E-state index contributed by atoms with van der Waals surface area (Å²) in [5.74, 6) is 0.0923. The summed E-state index contributed by atoms with van der Waals surface area (Å²) in [6, 6.07) is 2.75. The molecule has 1 unspecified atom stereocenters. The van der Waals surface area contributed by atoms with Crippen LogP contribution in [0.3, 0.4) is 0 Å². The van der Waals surface area contributed by atoms with E-state index >= 15 is 0 Å². The zero-order chi connectivity index (χ0) is 14.8. The average molecular weight is 288 g/mol. The highest BCUT2D eigenvalue weighted by Crippen LogP contribution is 2.32. The molecule has 1 aliphatic carbocycles. The number of nitrogens with one attached hydrogen (secondary N) is 1. The van der Waals surface area contributed by atoms with E-state index in [0.29, 0.717) is 11.5 Å². The van der Waals surface area contributed by atoms with Crippen molar-refractivity contribution in [1.82, 2.24) is 10.3 Å². The third kappa shape index (κ3) is 4.40. The van der Waals surface area contributed by atoms with Crippen LogP contribution in [0.1, 0.15) is 30.1 Å². The van der Waals surface area contributed by atoms with Gasteiger partial charge in [0.05, 0.1) is 5.56 Å². The van der Waals surface area contributed by atoms with Gasteiger partial charge in [-0.1, -0.05) is 0 Å². The number of pyridine rings is 1. The first kappa shape index (κ1) is 14.6. The Hall–Kier alpha value is -1.79. The van der Waals surface area contributed by atoms with Gasteiger partial charge in [-0.05, 0) is 31.7 Å². The number of halogens is 3. The fourth-order valence-corrected chi connectivity index (χ4v) is 1.76. The van der Waals surface area contributed by atoms with Crippen molar-refractivity contribution in [1.29, 1.82) is 0 Å². The van der Waals surface area contributed by atoms with Gasteiger partial charge in [0.25, 0.3) is 5.91 Å². The first-order valence-corrected chi connectivity index (χ1v) is 6.31. The lowest BCUT2D eigenvalue weighted by Gasteiger charge is -2.13. The summed E-state index contributed by atoms with van der Waals surface area (Å²) in [5.41, 5.74) is 0.303. The Morgan fingerprint density at radius 3 is 2.70 bits per heavy atom. The fraction of sp³-hybridized carbons (Fsp3) is 0.538. The first-order valence-electron chi connectivity index (χ1n) is 6.31. The summed E-state index contributed by atoms with van der Waals surface area (Å²) >= 11 is 0. The third-order valence-electron chi connectivity index (χ3n) is 3.07. The van der Waals surface area contributed by atoms with Crippen LogP contribution in [0.5, 0.6) is 5.88 Å².